The van der Waals surface area contributed by atoms with Gasteiger partial charge in [-0.3, -0.25) is 4.79 Å². The largest absolute Gasteiger partial charge is 0.310 e. The fraction of sp³-hybridized carbons (Fsp3) is 0.462. The number of nitrogens with one attached hydrogen (secondary N) is 1. The van der Waals surface area contributed by atoms with Crippen LogP contribution in [0.4, 0.5) is 5.69 Å². The average Bonchev–Trinajstić information content (AvgIpc) is 2.37. The van der Waals surface area contributed by atoms with Crippen LogP contribution in [0.2, 0.25) is 0 Å². The minimum atomic E-state index is -0.118. The maximum Gasteiger partial charge on any atom is 0.228 e. The molecule has 1 aliphatic rings. The number of hydrogen-bond donors (Lipinski definition) is 1. The molecule has 1 amide bonds. The Morgan fingerprint density at radius 1 is 1.35 bits per heavy atom. The van der Waals surface area contributed by atoms with Gasteiger partial charge in [0.15, 0.2) is 0 Å². The van der Waals surface area contributed by atoms with E-state index in [9.17, 15) is 4.79 Å². The Kier molecular flexibility index (Phi) is 3.54. The highest BCUT2D eigenvalue weighted by Crippen LogP contribution is 2.28. The van der Waals surface area contributed by atoms with Gasteiger partial charge in [-0.05, 0) is 41.9 Å². The summed E-state index contributed by atoms with van der Waals surface area (Å²) in [6.07, 6.45) is 0.522. The molecule has 0 atom stereocenters. The Labute approximate surface area is 110 Å². The van der Waals surface area contributed by atoms with Crippen molar-refractivity contribution in [2.45, 2.75) is 25.8 Å². The van der Waals surface area contributed by atoms with Crippen molar-refractivity contribution in [1.29, 1.82) is 0 Å². The van der Waals surface area contributed by atoms with Crippen molar-refractivity contribution in [1.82, 2.24) is 5.32 Å². The second kappa shape index (κ2) is 4.78. The molecule has 0 unspecified atom stereocenters. The van der Waals surface area contributed by atoms with E-state index in [0.29, 0.717) is 13.0 Å². The number of anilines is 1. The summed E-state index contributed by atoms with van der Waals surface area (Å²) in [5.74, 6) is 0.173. The number of rotatable bonds is 1. The highest BCUT2D eigenvalue weighted by Gasteiger charge is 2.29. The van der Waals surface area contributed by atoms with E-state index in [1.165, 1.54) is 0 Å². The zero-order chi connectivity index (χ0) is 12.5. The standard InChI is InChI=1S/C13H17BrN2O/c1-13(2)9-12(17)16(8-7-15-13)11-6-4-3-5-10(11)14/h3-6,15H,7-9H2,1-2H3. The summed E-state index contributed by atoms with van der Waals surface area (Å²) < 4.78 is 0.966. The fourth-order valence-corrected chi connectivity index (χ4v) is 2.59. The van der Waals surface area contributed by atoms with Crippen LogP contribution in [0.3, 0.4) is 0 Å². The van der Waals surface area contributed by atoms with Crippen LogP contribution < -0.4 is 10.2 Å². The van der Waals surface area contributed by atoms with Gasteiger partial charge in [0.2, 0.25) is 5.91 Å². The van der Waals surface area contributed by atoms with E-state index in [1.54, 1.807) is 0 Å². The molecule has 0 radical (unpaired) electrons. The van der Waals surface area contributed by atoms with Crippen molar-refractivity contribution >= 4 is 27.5 Å². The fourth-order valence-electron chi connectivity index (χ4n) is 2.09. The van der Waals surface area contributed by atoms with Gasteiger partial charge in [0.1, 0.15) is 0 Å². The summed E-state index contributed by atoms with van der Waals surface area (Å²) >= 11 is 3.50. The van der Waals surface area contributed by atoms with Gasteiger partial charge < -0.3 is 10.2 Å². The lowest BCUT2D eigenvalue weighted by molar-refractivity contribution is -0.119. The minimum Gasteiger partial charge on any atom is -0.310 e. The molecule has 1 aromatic carbocycles. The van der Waals surface area contributed by atoms with Crippen LogP contribution in [0, 0.1) is 0 Å². The van der Waals surface area contributed by atoms with Gasteiger partial charge in [-0.1, -0.05) is 12.1 Å². The lowest BCUT2D eigenvalue weighted by Gasteiger charge is -2.23. The highest BCUT2D eigenvalue weighted by atomic mass is 79.9. The van der Waals surface area contributed by atoms with Gasteiger partial charge >= 0.3 is 0 Å². The number of carbonyl (C=O) groups excluding carboxylic acids is 1. The molecule has 1 heterocycles. The van der Waals surface area contributed by atoms with E-state index in [4.69, 9.17) is 0 Å². The van der Waals surface area contributed by atoms with Crippen molar-refractivity contribution in [3.05, 3.63) is 28.7 Å². The molecule has 3 nitrogen and oxygen atoms in total. The molecule has 1 fully saturated rings. The van der Waals surface area contributed by atoms with Crippen LogP contribution in [0.5, 0.6) is 0 Å². The van der Waals surface area contributed by atoms with Crippen LogP contribution >= 0.6 is 15.9 Å². The summed E-state index contributed by atoms with van der Waals surface area (Å²) in [4.78, 5) is 14.1. The Balaban J connectivity index is 2.28. The molecule has 0 aromatic heterocycles. The number of para-hydroxylation sites is 1. The third-order valence-corrected chi connectivity index (χ3v) is 3.65. The minimum absolute atomic E-state index is 0.118. The molecule has 0 aliphatic carbocycles. The van der Waals surface area contributed by atoms with E-state index in [-0.39, 0.29) is 11.4 Å². The SMILES string of the molecule is CC1(C)CC(=O)N(c2ccccc2Br)CCN1. The predicted molar refractivity (Wildman–Crippen MR) is 73.2 cm³/mol. The van der Waals surface area contributed by atoms with Crippen LogP contribution in [0.1, 0.15) is 20.3 Å². The Bertz CT molecular complexity index is 431. The van der Waals surface area contributed by atoms with Crippen molar-refractivity contribution in [3.8, 4) is 0 Å². The summed E-state index contributed by atoms with van der Waals surface area (Å²) in [6.45, 7) is 5.66. The zero-order valence-electron chi connectivity index (χ0n) is 10.2. The van der Waals surface area contributed by atoms with E-state index >= 15 is 0 Å². The van der Waals surface area contributed by atoms with Crippen molar-refractivity contribution < 1.29 is 4.79 Å². The Morgan fingerprint density at radius 2 is 2.06 bits per heavy atom. The molecule has 92 valence electrons. The number of carbonyl (C=O) groups is 1. The lowest BCUT2D eigenvalue weighted by Crippen LogP contribution is -2.39. The first-order valence-corrected chi connectivity index (χ1v) is 6.59. The number of amides is 1. The quantitative estimate of drug-likeness (QED) is 0.864. The summed E-state index contributed by atoms with van der Waals surface area (Å²) in [7, 11) is 0. The monoisotopic (exact) mass is 296 g/mol. The highest BCUT2D eigenvalue weighted by molar-refractivity contribution is 9.10. The smallest absolute Gasteiger partial charge is 0.228 e. The van der Waals surface area contributed by atoms with Crippen molar-refractivity contribution in [2.75, 3.05) is 18.0 Å². The lowest BCUT2D eigenvalue weighted by atomic mass is 10.0. The number of halogens is 1. The van der Waals surface area contributed by atoms with Gasteiger partial charge in [-0.2, -0.15) is 0 Å². The van der Waals surface area contributed by atoms with Crippen LogP contribution in [-0.2, 0) is 4.79 Å². The van der Waals surface area contributed by atoms with Crippen LogP contribution in [0.15, 0.2) is 28.7 Å². The molecular formula is C13H17BrN2O. The molecule has 2 rings (SSSR count). The second-order valence-corrected chi connectivity index (χ2v) is 5.84. The summed E-state index contributed by atoms with van der Waals surface area (Å²) in [6, 6.07) is 7.85. The number of nitrogens with zero attached hydrogens (tertiary/aromatic N) is 1. The Morgan fingerprint density at radius 3 is 2.76 bits per heavy atom. The van der Waals surface area contributed by atoms with Crippen molar-refractivity contribution in [2.24, 2.45) is 0 Å². The second-order valence-electron chi connectivity index (χ2n) is 4.98. The molecule has 0 spiro atoms. The van der Waals surface area contributed by atoms with Crippen LogP contribution in [0.25, 0.3) is 0 Å². The zero-order valence-corrected chi connectivity index (χ0v) is 11.8. The number of benzene rings is 1. The van der Waals surface area contributed by atoms with E-state index in [0.717, 1.165) is 16.7 Å². The van der Waals surface area contributed by atoms with E-state index in [2.05, 4.69) is 35.1 Å². The molecule has 0 bridgehead atoms. The van der Waals surface area contributed by atoms with E-state index in [1.807, 2.05) is 29.2 Å². The average molecular weight is 297 g/mol. The van der Waals surface area contributed by atoms with Crippen LogP contribution in [-0.4, -0.2) is 24.5 Å². The topological polar surface area (TPSA) is 32.3 Å². The first-order valence-electron chi connectivity index (χ1n) is 5.79. The van der Waals surface area contributed by atoms with Crippen molar-refractivity contribution in [3.63, 3.8) is 0 Å². The molecule has 1 saturated heterocycles. The molecule has 1 aliphatic heterocycles. The first kappa shape index (κ1) is 12.6. The molecule has 1 aromatic rings. The van der Waals surface area contributed by atoms with Gasteiger partial charge in [0.05, 0.1) is 5.69 Å². The van der Waals surface area contributed by atoms with Gasteiger partial charge in [0.25, 0.3) is 0 Å². The molecule has 17 heavy (non-hydrogen) atoms. The summed E-state index contributed by atoms with van der Waals surface area (Å²) in [5.41, 5.74) is 0.838. The maximum absolute atomic E-state index is 12.2. The third kappa shape index (κ3) is 2.87. The molecule has 4 heteroatoms. The third-order valence-electron chi connectivity index (χ3n) is 2.98. The van der Waals surface area contributed by atoms with E-state index < -0.39 is 0 Å². The molecule has 1 N–H and O–H groups in total. The van der Waals surface area contributed by atoms with Gasteiger partial charge in [-0.15, -0.1) is 0 Å². The molecule has 0 saturated carbocycles. The first-order chi connectivity index (χ1) is 7.99. The maximum atomic E-state index is 12.2. The van der Waals surface area contributed by atoms with Gasteiger partial charge in [-0.25, -0.2) is 0 Å². The number of hydrogen-bond acceptors (Lipinski definition) is 2. The predicted octanol–water partition coefficient (Wildman–Crippen LogP) is 2.55. The Hall–Kier alpha value is -0.870. The van der Waals surface area contributed by atoms with Gasteiger partial charge in [0, 0.05) is 29.5 Å². The summed E-state index contributed by atoms with van der Waals surface area (Å²) in [5, 5.41) is 3.39. The molecular weight excluding hydrogens is 280 g/mol. The normalized spacial score (nSPS) is 20.2.